The highest BCUT2D eigenvalue weighted by Crippen LogP contribution is 2.33. The summed E-state index contributed by atoms with van der Waals surface area (Å²) in [7, 11) is 0. The number of phenolic OH excluding ortho intramolecular Hbond substituents is 1. The third kappa shape index (κ3) is 13.3. The van der Waals surface area contributed by atoms with Gasteiger partial charge in [0.2, 0.25) is 0 Å². The van der Waals surface area contributed by atoms with E-state index in [1.807, 2.05) is 0 Å². The summed E-state index contributed by atoms with van der Waals surface area (Å²) in [6.07, 6.45) is 12.0. The van der Waals surface area contributed by atoms with Crippen molar-refractivity contribution < 1.29 is 29.2 Å². The summed E-state index contributed by atoms with van der Waals surface area (Å²) in [4.78, 5) is 12.1. The third-order valence-electron chi connectivity index (χ3n) is 6.43. The second-order valence-corrected chi connectivity index (χ2v) is 9.70. The molecule has 2 unspecified atom stereocenters. The Bertz CT molecular complexity index is 652. The summed E-state index contributed by atoms with van der Waals surface area (Å²) in [6.45, 7) is 9.83. The third-order valence-corrected chi connectivity index (χ3v) is 6.43. The van der Waals surface area contributed by atoms with Gasteiger partial charge in [0.05, 0.1) is 11.7 Å². The maximum Gasteiger partial charge on any atom is 0.338 e. The number of hydrogen-bond donors (Lipinski definition) is 2. The van der Waals surface area contributed by atoms with Crippen LogP contribution < -0.4 is 0 Å². The van der Waals surface area contributed by atoms with Gasteiger partial charge in [-0.3, -0.25) is 0 Å². The largest absolute Gasteiger partial charge is 0.508 e. The zero-order valence-corrected chi connectivity index (χ0v) is 22.6. The molecule has 2 N–H and O–H groups in total. The van der Waals surface area contributed by atoms with Crippen molar-refractivity contribution in [2.24, 2.45) is 5.92 Å². The molecule has 0 bridgehead atoms. The van der Waals surface area contributed by atoms with Gasteiger partial charge in [0, 0.05) is 19.1 Å². The minimum atomic E-state index is -0.717. The van der Waals surface area contributed by atoms with Crippen LogP contribution in [0.1, 0.15) is 115 Å². The van der Waals surface area contributed by atoms with Crippen molar-refractivity contribution >= 4 is 5.97 Å². The summed E-state index contributed by atoms with van der Waals surface area (Å²) < 4.78 is 17.8. The Labute approximate surface area is 213 Å². The van der Waals surface area contributed by atoms with Crippen molar-refractivity contribution in [2.75, 3.05) is 19.8 Å². The number of unbranched alkanes of at least 4 members (excludes halogenated alkanes) is 5. The van der Waals surface area contributed by atoms with E-state index in [9.17, 15) is 15.0 Å². The Balaban J connectivity index is 2.59. The lowest BCUT2D eigenvalue weighted by atomic mass is 9.87. The van der Waals surface area contributed by atoms with Crippen LogP contribution in [0.15, 0.2) is 24.3 Å². The summed E-state index contributed by atoms with van der Waals surface area (Å²) in [6, 6.07) is 5.89. The van der Waals surface area contributed by atoms with Crippen LogP contribution in [0, 0.1) is 5.92 Å². The van der Waals surface area contributed by atoms with Gasteiger partial charge in [0.15, 0.2) is 5.79 Å². The number of esters is 1. The van der Waals surface area contributed by atoms with E-state index >= 15 is 0 Å². The Morgan fingerprint density at radius 2 is 1.40 bits per heavy atom. The number of carbonyl (C=O) groups excluding carboxylic acids is 1. The van der Waals surface area contributed by atoms with E-state index in [0.717, 1.165) is 38.5 Å². The molecule has 0 aliphatic rings. The minimum Gasteiger partial charge on any atom is -0.508 e. The number of phenols is 1. The molecular weight excluding hydrogens is 444 g/mol. The molecule has 0 aromatic heterocycles. The molecule has 6 heteroatoms. The zero-order valence-electron chi connectivity index (χ0n) is 22.6. The fraction of sp³-hybridized carbons (Fsp3) is 0.759. The quantitative estimate of drug-likeness (QED) is 0.109. The lowest BCUT2D eigenvalue weighted by molar-refractivity contribution is -0.259. The Kier molecular flexibility index (Phi) is 16.7. The molecule has 35 heavy (non-hydrogen) atoms. The normalized spacial score (nSPS) is 13.5. The van der Waals surface area contributed by atoms with Gasteiger partial charge in [0.25, 0.3) is 0 Å². The van der Waals surface area contributed by atoms with Gasteiger partial charge in [-0.2, -0.15) is 0 Å². The van der Waals surface area contributed by atoms with Crippen LogP contribution in [0.4, 0.5) is 0 Å². The molecule has 0 saturated carbocycles. The SMILES string of the molecule is CCCCCCCCC(CCCC(O)COC(=O)c1ccc(O)cc1)C(C)(OCCC)OCCC. The first-order chi connectivity index (χ1) is 16.9. The fourth-order valence-electron chi connectivity index (χ4n) is 4.26. The smallest absolute Gasteiger partial charge is 0.338 e. The van der Waals surface area contributed by atoms with Crippen LogP contribution in [0.5, 0.6) is 5.75 Å². The standard InChI is InChI=1S/C29H50O6/c1-5-8-9-10-11-12-14-25(29(4,34-21-6-2)35-22-7-3)15-13-16-27(31)23-33-28(32)24-17-19-26(30)20-18-24/h17-20,25,27,30-31H,5-16,21-23H2,1-4H3. The van der Waals surface area contributed by atoms with Crippen LogP contribution >= 0.6 is 0 Å². The van der Waals surface area contributed by atoms with Crippen LogP contribution in [0.3, 0.4) is 0 Å². The summed E-state index contributed by atoms with van der Waals surface area (Å²) in [5.41, 5.74) is 0.353. The van der Waals surface area contributed by atoms with Crippen molar-refractivity contribution in [3.63, 3.8) is 0 Å². The number of carbonyl (C=O) groups is 1. The number of benzene rings is 1. The molecule has 0 spiro atoms. The van der Waals surface area contributed by atoms with Crippen molar-refractivity contribution in [3.05, 3.63) is 29.8 Å². The van der Waals surface area contributed by atoms with E-state index in [2.05, 4.69) is 27.7 Å². The van der Waals surface area contributed by atoms with E-state index < -0.39 is 17.9 Å². The van der Waals surface area contributed by atoms with Crippen molar-refractivity contribution in [2.45, 2.75) is 117 Å². The number of ether oxygens (including phenoxy) is 3. The number of hydrogen-bond acceptors (Lipinski definition) is 6. The van der Waals surface area contributed by atoms with Crippen LogP contribution in [-0.2, 0) is 14.2 Å². The van der Waals surface area contributed by atoms with E-state index in [1.54, 1.807) is 0 Å². The predicted molar refractivity (Wildman–Crippen MR) is 141 cm³/mol. The molecule has 0 fully saturated rings. The molecule has 202 valence electrons. The predicted octanol–water partition coefficient (Wildman–Crippen LogP) is 7.02. The van der Waals surface area contributed by atoms with Crippen molar-refractivity contribution in [3.8, 4) is 5.75 Å². The Morgan fingerprint density at radius 1 is 0.829 bits per heavy atom. The molecule has 0 radical (unpaired) electrons. The summed E-state index contributed by atoms with van der Waals surface area (Å²) >= 11 is 0. The number of aromatic hydroxyl groups is 1. The zero-order chi connectivity index (χ0) is 25.9. The molecule has 0 saturated heterocycles. The number of aliphatic hydroxyl groups excluding tert-OH is 1. The second kappa shape index (κ2) is 18.6. The van der Waals surface area contributed by atoms with Crippen molar-refractivity contribution in [1.29, 1.82) is 0 Å². The van der Waals surface area contributed by atoms with E-state index in [-0.39, 0.29) is 18.3 Å². The van der Waals surface area contributed by atoms with Gasteiger partial charge in [-0.25, -0.2) is 4.79 Å². The van der Waals surface area contributed by atoms with Crippen LogP contribution in [-0.4, -0.2) is 47.9 Å². The van der Waals surface area contributed by atoms with E-state index in [1.165, 1.54) is 56.4 Å². The van der Waals surface area contributed by atoms with E-state index in [4.69, 9.17) is 14.2 Å². The summed E-state index contributed by atoms with van der Waals surface area (Å²) in [5, 5.41) is 19.7. The van der Waals surface area contributed by atoms with Crippen LogP contribution in [0.25, 0.3) is 0 Å². The van der Waals surface area contributed by atoms with Gasteiger partial charge >= 0.3 is 5.97 Å². The highest BCUT2D eigenvalue weighted by Gasteiger charge is 2.35. The highest BCUT2D eigenvalue weighted by molar-refractivity contribution is 5.89. The van der Waals surface area contributed by atoms with Gasteiger partial charge in [0.1, 0.15) is 12.4 Å². The van der Waals surface area contributed by atoms with Gasteiger partial charge in [-0.15, -0.1) is 0 Å². The minimum absolute atomic E-state index is 0.0439. The first-order valence-corrected chi connectivity index (χ1v) is 13.8. The van der Waals surface area contributed by atoms with Gasteiger partial charge < -0.3 is 24.4 Å². The van der Waals surface area contributed by atoms with Gasteiger partial charge in [-0.1, -0.05) is 65.7 Å². The molecule has 0 heterocycles. The first kappa shape index (κ1) is 31.4. The Morgan fingerprint density at radius 3 is 2.00 bits per heavy atom. The molecule has 0 aliphatic carbocycles. The maximum atomic E-state index is 12.1. The van der Waals surface area contributed by atoms with Crippen molar-refractivity contribution in [1.82, 2.24) is 0 Å². The highest BCUT2D eigenvalue weighted by atomic mass is 16.7. The lowest BCUT2D eigenvalue weighted by Gasteiger charge is -2.38. The number of rotatable bonds is 21. The molecule has 2 atom stereocenters. The average Bonchev–Trinajstić information content (AvgIpc) is 2.86. The first-order valence-electron chi connectivity index (χ1n) is 13.8. The number of aliphatic hydroxyl groups is 1. The average molecular weight is 495 g/mol. The molecule has 6 nitrogen and oxygen atoms in total. The lowest BCUT2D eigenvalue weighted by Crippen LogP contribution is -2.41. The summed E-state index contributed by atoms with van der Waals surface area (Å²) in [5.74, 6) is -0.780. The molecule has 1 aromatic rings. The molecule has 0 amide bonds. The van der Waals surface area contributed by atoms with Crippen LogP contribution in [0.2, 0.25) is 0 Å². The molecule has 1 aromatic carbocycles. The second-order valence-electron chi connectivity index (χ2n) is 9.70. The fourth-order valence-corrected chi connectivity index (χ4v) is 4.26. The monoisotopic (exact) mass is 494 g/mol. The van der Waals surface area contributed by atoms with Gasteiger partial charge in [-0.05, 0) is 63.3 Å². The van der Waals surface area contributed by atoms with E-state index in [0.29, 0.717) is 25.2 Å². The molecule has 1 rings (SSSR count). The molecule has 0 aliphatic heterocycles. The maximum absolute atomic E-state index is 12.1. The molecular formula is C29H50O6. The Hall–Kier alpha value is -1.63. The topological polar surface area (TPSA) is 85.2 Å².